The van der Waals surface area contributed by atoms with Crippen molar-refractivity contribution >= 4 is 0 Å². The van der Waals surface area contributed by atoms with Gasteiger partial charge in [0.25, 0.3) is 0 Å². The van der Waals surface area contributed by atoms with Gasteiger partial charge < -0.3 is 4.52 Å². The highest BCUT2D eigenvalue weighted by molar-refractivity contribution is 5.57. The summed E-state index contributed by atoms with van der Waals surface area (Å²) in [7, 11) is 0. The Morgan fingerprint density at radius 2 is 2.00 bits per heavy atom. The first-order valence-electron chi connectivity index (χ1n) is 3.82. The van der Waals surface area contributed by atoms with Crippen LogP contribution >= 0.6 is 0 Å². The molecule has 0 unspecified atom stereocenters. The van der Waals surface area contributed by atoms with Crippen molar-refractivity contribution in [2.75, 3.05) is 0 Å². The zero-order valence-electron chi connectivity index (χ0n) is 6.77. The zero-order valence-corrected chi connectivity index (χ0v) is 6.77. The van der Waals surface area contributed by atoms with E-state index in [-0.39, 0.29) is 0 Å². The van der Waals surface area contributed by atoms with Gasteiger partial charge in [0, 0.05) is 11.6 Å². The predicted octanol–water partition coefficient (Wildman–Crippen LogP) is 2.21. The highest BCUT2D eigenvalue weighted by atomic mass is 16.5. The van der Waals surface area contributed by atoms with Crippen LogP contribution in [0, 0.1) is 11.3 Å². The van der Waals surface area contributed by atoms with Crippen molar-refractivity contribution in [3.63, 3.8) is 0 Å². The van der Waals surface area contributed by atoms with Gasteiger partial charge in [-0.05, 0) is 0 Å². The first kappa shape index (κ1) is 7.56. The van der Waals surface area contributed by atoms with Crippen LogP contribution in [0.25, 0.3) is 11.3 Å². The summed E-state index contributed by atoms with van der Waals surface area (Å²) in [5.74, 6) is 0.622. The number of rotatable bonds is 1. The van der Waals surface area contributed by atoms with Crippen molar-refractivity contribution in [2.45, 2.75) is 0 Å². The average Bonchev–Trinajstić information content (AvgIpc) is 2.67. The van der Waals surface area contributed by atoms with Crippen LogP contribution in [0.4, 0.5) is 0 Å². The lowest BCUT2D eigenvalue weighted by Crippen LogP contribution is -1.70. The van der Waals surface area contributed by atoms with E-state index in [1.165, 1.54) is 0 Å². The third-order valence-electron chi connectivity index (χ3n) is 1.68. The van der Waals surface area contributed by atoms with E-state index in [0.29, 0.717) is 11.5 Å². The molecule has 0 atom stereocenters. The van der Waals surface area contributed by atoms with Crippen molar-refractivity contribution in [1.82, 2.24) is 5.16 Å². The minimum absolute atomic E-state index is 0.304. The van der Waals surface area contributed by atoms with Crippen molar-refractivity contribution < 1.29 is 4.52 Å². The fourth-order valence-corrected chi connectivity index (χ4v) is 1.07. The molecule has 0 aliphatic carbocycles. The van der Waals surface area contributed by atoms with Gasteiger partial charge in [-0.15, -0.1) is 0 Å². The van der Waals surface area contributed by atoms with Gasteiger partial charge in [0.1, 0.15) is 6.07 Å². The molecule has 0 spiro atoms. The van der Waals surface area contributed by atoms with Gasteiger partial charge >= 0.3 is 0 Å². The molecule has 0 radical (unpaired) electrons. The van der Waals surface area contributed by atoms with E-state index in [1.54, 1.807) is 6.07 Å². The number of nitrogens with zero attached hydrogens (tertiary/aromatic N) is 2. The molecule has 1 heterocycles. The summed E-state index contributed by atoms with van der Waals surface area (Å²) in [5.41, 5.74) is 1.23. The monoisotopic (exact) mass is 170 g/mol. The van der Waals surface area contributed by atoms with Gasteiger partial charge in [0.15, 0.2) is 11.5 Å². The molecule has 0 aliphatic heterocycles. The molecule has 0 fully saturated rings. The van der Waals surface area contributed by atoms with E-state index in [9.17, 15) is 0 Å². The second-order valence-electron chi connectivity index (χ2n) is 2.55. The zero-order chi connectivity index (χ0) is 9.10. The standard InChI is InChI=1S/C10H6N2O/c11-7-9-6-10(13-12-9)8-4-2-1-3-5-8/h1-6H. The normalized spacial score (nSPS) is 9.46. The number of hydrogen-bond donors (Lipinski definition) is 0. The molecular weight excluding hydrogens is 164 g/mol. The maximum absolute atomic E-state index is 8.53. The van der Waals surface area contributed by atoms with E-state index >= 15 is 0 Å². The predicted molar refractivity (Wildman–Crippen MR) is 46.7 cm³/mol. The second kappa shape index (κ2) is 3.11. The van der Waals surface area contributed by atoms with E-state index in [2.05, 4.69) is 5.16 Å². The summed E-state index contributed by atoms with van der Waals surface area (Å²) >= 11 is 0. The topological polar surface area (TPSA) is 49.8 Å². The van der Waals surface area contributed by atoms with Crippen molar-refractivity contribution in [2.24, 2.45) is 0 Å². The molecule has 0 saturated heterocycles. The van der Waals surface area contributed by atoms with Crippen LogP contribution in [0.1, 0.15) is 5.69 Å². The third kappa shape index (κ3) is 1.42. The van der Waals surface area contributed by atoms with E-state index < -0.39 is 0 Å². The minimum atomic E-state index is 0.304. The number of hydrogen-bond acceptors (Lipinski definition) is 3. The quantitative estimate of drug-likeness (QED) is 0.659. The largest absolute Gasteiger partial charge is 0.355 e. The third-order valence-corrected chi connectivity index (χ3v) is 1.68. The number of benzene rings is 1. The van der Waals surface area contributed by atoms with Gasteiger partial charge in [-0.2, -0.15) is 5.26 Å². The average molecular weight is 170 g/mol. The summed E-state index contributed by atoms with van der Waals surface area (Å²) in [4.78, 5) is 0. The summed E-state index contributed by atoms with van der Waals surface area (Å²) < 4.78 is 4.97. The molecular formula is C10H6N2O. The van der Waals surface area contributed by atoms with Crippen LogP contribution in [-0.2, 0) is 0 Å². The molecule has 0 N–H and O–H groups in total. The molecule has 3 nitrogen and oxygen atoms in total. The van der Waals surface area contributed by atoms with Gasteiger partial charge in [-0.25, -0.2) is 0 Å². The Balaban J connectivity index is 2.43. The Labute approximate surface area is 75.2 Å². The first-order valence-corrected chi connectivity index (χ1v) is 3.82. The number of nitriles is 1. The van der Waals surface area contributed by atoms with Gasteiger partial charge in [-0.3, -0.25) is 0 Å². The van der Waals surface area contributed by atoms with Gasteiger partial charge in [0.2, 0.25) is 0 Å². The van der Waals surface area contributed by atoms with E-state index in [4.69, 9.17) is 9.78 Å². The summed E-state index contributed by atoms with van der Waals surface area (Å²) in [6.07, 6.45) is 0. The minimum Gasteiger partial charge on any atom is -0.355 e. The molecule has 3 heteroatoms. The smallest absolute Gasteiger partial charge is 0.184 e. The molecule has 13 heavy (non-hydrogen) atoms. The van der Waals surface area contributed by atoms with Crippen LogP contribution in [0.3, 0.4) is 0 Å². The van der Waals surface area contributed by atoms with Crippen LogP contribution in [0.2, 0.25) is 0 Å². The second-order valence-corrected chi connectivity index (χ2v) is 2.55. The lowest BCUT2D eigenvalue weighted by atomic mass is 10.2. The fourth-order valence-electron chi connectivity index (χ4n) is 1.07. The fraction of sp³-hybridized carbons (Fsp3) is 0. The lowest BCUT2D eigenvalue weighted by molar-refractivity contribution is 0.430. The molecule has 0 saturated carbocycles. The highest BCUT2D eigenvalue weighted by Crippen LogP contribution is 2.18. The van der Waals surface area contributed by atoms with Crippen LogP contribution in [0.15, 0.2) is 40.9 Å². The SMILES string of the molecule is N#Cc1cc(-c2ccccc2)on1. The maximum atomic E-state index is 8.53. The van der Waals surface area contributed by atoms with Crippen molar-refractivity contribution in [3.05, 3.63) is 42.1 Å². The molecule has 2 rings (SSSR count). The van der Waals surface area contributed by atoms with Gasteiger partial charge in [-0.1, -0.05) is 35.5 Å². The van der Waals surface area contributed by atoms with E-state index in [0.717, 1.165) is 5.56 Å². The molecule has 0 amide bonds. The van der Waals surface area contributed by atoms with Crippen LogP contribution < -0.4 is 0 Å². The molecule has 0 bridgehead atoms. The Bertz CT molecular complexity index is 439. The van der Waals surface area contributed by atoms with Crippen LogP contribution in [-0.4, -0.2) is 5.16 Å². The first-order chi connectivity index (χ1) is 6.40. The maximum Gasteiger partial charge on any atom is 0.184 e. The summed E-state index contributed by atoms with van der Waals surface area (Å²) in [5, 5.41) is 12.1. The van der Waals surface area contributed by atoms with Crippen LogP contribution in [0.5, 0.6) is 0 Å². The summed E-state index contributed by atoms with van der Waals surface area (Å²) in [6, 6.07) is 13.1. The van der Waals surface area contributed by atoms with Gasteiger partial charge in [0.05, 0.1) is 0 Å². The number of aromatic nitrogens is 1. The highest BCUT2D eigenvalue weighted by Gasteiger charge is 2.04. The van der Waals surface area contributed by atoms with Crippen molar-refractivity contribution in [1.29, 1.82) is 5.26 Å². The Morgan fingerprint density at radius 3 is 2.62 bits per heavy atom. The molecule has 62 valence electrons. The Hall–Kier alpha value is -2.08. The molecule has 2 aromatic rings. The summed E-state index contributed by atoms with van der Waals surface area (Å²) in [6.45, 7) is 0. The van der Waals surface area contributed by atoms with Crippen molar-refractivity contribution in [3.8, 4) is 17.4 Å². The lowest BCUT2D eigenvalue weighted by Gasteiger charge is -1.90. The Morgan fingerprint density at radius 1 is 1.23 bits per heavy atom. The molecule has 0 aliphatic rings. The Kier molecular flexibility index (Phi) is 1.81. The van der Waals surface area contributed by atoms with E-state index in [1.807, 2.05) is 36.4 Å². The molecule has 1 aromatic heterocycles. The molecule has 1 aromatic carbocycles.